The summed E-state index contributed by atoms with van der Waals surface area (Å²) in [5, 5.41) is 8.85. The largest absolute Gasteiger partial charge is 0.463 e. The van der Waals surface area contributed by atoms with Gasteiger partial charge < -0.3 is 32.7 Å². The average Bonchev–Trinajstić information content (AvgIpc) is 2.91. The Morgan fingerprint density at radius 1 is 0.814 bits per heavy atom. The molecule has 0 bridgehead atoms. The third-order valence-corrected chi connectivity index (χ3v) is 8.79. The van der Waals surface area contributed by atoms with E-state index in [0.29, 0.717) is 26.2 Å². The van der Waals surface area contributed by atoms with Crippen LogP contribution in [0.25, 0.3) is 0 Å². The molecule has 12 nitrogen and oxygen atoms in total. The van der Waals surface area contributed by atoms with E-state index in [4.69, 9.17) is 38.0 Å². The van der Waals surface area contributed by atoms with Crippen LogP contribution >= 0.6 is 8.53 Å². The molecule has 1 rings (SSSR count). The van der Waals surface area contributed by atoms with Crippen molar-refractivity contribution >= 4 is 26.4 Å². The van der Waals surface area contributed by atoms with E-state index in [1.54, 1.807) is 6.92 Å². The maximum Gasteiger partial charge on any atom is 0.303 e. The Labute approximate surface area is 258 Å². The molecule has 0 saturated carbocycles. The second-order valence-electron chi connectivity index (χ2n) is 11.2. The number of ether oxygens (including phenoxy) is 5. The van der Waals surface area contributed by atoms with E-state index in [1.165, 1.54) is 20.8 Å². The smallest absolute Gasteiger partial charge is 0.303 e. The second-order valence-corrected chi connectivity index (χ2v) is 12.7. The van der Waals surface area contributed by atoms with Crippen molar-refractivity contribution in [3.8, 4) is 6.07 Å². The Kier molecular flexibility index (Phi) is 19.8. The van der Waals surface area contributed by atoms with Crippen molar-refractivity contribution in [3.05, 3.63) is 0 Å². The molecule has 1 heterocycles. The SMILES string of the molecule is CC(=O)OCC1OC(OCCCCCCCCOP(OCCC#N)N(C(C)C)C(C)C)C(C)C(OC(C)=O)C1OC(C)=O. The number of rotatable bonds is 21. The van der Waals surface area contributed by atoms with E-state index in [-0.39, 0.29) is 18.7 Å². The summed E-state index contributed by atoms with van der Waals surface area (Å²) in [6.07, 6.45) is 2.90. The van der Waals surface area contributed by atoms with Crippen LogP contribution in [-0.2, 0) is 47.1 Å². The van der Waals surface area contributed by atoms with Crippen LogP contribution < -0.4 is 0 Å². The van der Waals surface area contributed by atoms with Gasteiger partial charge in [0.25, 0.3) is 8.53 Å². The molecule has 1 fully saturated rings. The van der Waals surface area contributed by atoms with Gasteiger partial charge in [-0.15, -0.1) is 0 Å². The molecule has 0 aliphatic carbocycles. The first-order valence-corrected chi connectivity index (χ1v) is 16.5. The normalized spacial score (nSPS) is 22.8. The van der Waals surface area contributed by atoms with Crippen LogP contribution in [0.4, 0.5) is 0 Å². The van der Waals surface area contributed by atoms with Crippen molar-refractivity contribution < 1.29 is 47.1 Å². The lowest BCUT2D eigenvalue weighted by Crippen LogP contribution is -2.58. The molecule has 0 radical (unpaired) electrons. The number of unbranched alkanes of at least 4 members (excludes halogenated alkanes) is 5. The number of esters is 3. The number of nitrogens with zero attached hydrogens (tertiary/aromatic N) is 2. The fourth-order valence-electron chi connectivity index (χ4n) is 4.83. The quantitative estimate of drug-likeness (QED) is 0.0689. The van der Waals surface area contributed by atoms with Crippen molar-refractivity contribution in [3.63, 3.8) is 0 Å². The predicted octanol–water partition coefficient (Wildman–Crippen LogP) is 5.42. The first-order chi connectivity index (χ1) is 20.4. The monoisotopic (exact) mass is 632 g/mol. The van der Waals surface area contributed by atoms with E-state index >= 15 is 0 Å². The molecule has 43 heavy (non-hydrogen) atoms. The summed E-state index contributed by atoms with van der Waals surface area (Å²) in [7, 11) is -1.21. The minimum absolute atomic E-state index is 0.164. The van der Waals surface area contributed by atoms with Crippen LogP contribution in [0.1, 0.15) is 100 Å². The molecule has 0 aromatic heterocycles. The molecule has 6 unspecified atom stereocenters. The Morgan fingerprint density at radius 2 is 1.35 bits per heavy atom. The molecule has 1 aliphatic heterocycles. The van der Waals surface area contributed by atoms with E-state index in [1.807, 2.05) is 0 Å². The average molecular weight is 633 g/mol. The highest BCUT2D eigenvalue weighted by Crippen LogP contribution is 2.46. The Balaban J connectivity index is 2.48. The van der Waals surface area contributed by atoms with Crippen LogP contribution in [0.5, 0.6) is 0 Å². The van der Waals surface area contributed by atoms with Crippen molar-refractivity contribution in [2.45, 2.75) is 137 Å². The zero-order valence-corrected chi connectivity index (χ0v) is 28.1. The number of carbonyl (C=O) groups excluding carboxylic acids is 3. The van der Waals surface area contributed by atoms with Crippen LogP contribution in [0.2, 0.25) is 0 Å². The first kappa shape index (κ1) is 39.2. The zero-order valence-electron chi connectivity index (χ0n) is 27.2. The molecule has 1 aliphatic rings. The van der Waals surface area contributed by atoms with Gasteiger partial charge in [0.15, 0.2) is 12.4 Å². The van der Waals surface area contributed by atoms with Crippen molar-refractivity contribution in [1.82, 2.24) is 4.67 Å². The van der Waals surface area contributed by atoms with Crippen molar-refractivity contribution in [2.75, 3.05) is 26.4 Å². The number of carbonyl (C=O) groups is 3. The standard InChI is InChI=1S/C30H53N2O10P/c1-21(2)32(22(3)4)43(39-19-15-16-31)38-18-14-12-10-9-11-13-17-36-30-23(5)28(40-25(7)34)29(41-26(8)35)27(42-30)20-37-24(6)33/h21-23,27-30H,9-15,17-20H2,1-8H3. The van der Waals surface area contributed by atoms with Gasteiger partial charge in [0.1, 0.15) is 18.8 Å². The van der Waals surface area contributed by atoms with Crippen LogP contribution in [0.15, 0.2) is 0 Å². The van der Waals surface area contributed by atoms with Gasteiger partial charge in [-0.05, 0) is 40.5 Å². The minimum Gasteiger partial charge on any atom is -0.463 e. The Morgan fingerprint density at radius 3 is 1.88 bits per heavy atom. The summed E-state index contributed by atoms with van der Waals surface area (Å²) in [5.74, 6) is -2.01. The van der Waals surface area contributed by atoms with Crippen LogP contribution in [0, 0.1) is 17.2 Å². The molecule has 0 N–H and O–H groups in total. The third kappa shape index (κ3) is 15.6. The fourth-order valence-corrected chi connectivity index (χ4v) is 6.46. The Bertz CT molecular complexity index is 860. The zero-order chi connectivity index (χ0) is 32.4. The van der Waals surface area contributed by atoms with Gasteiger partial charge >= 0.3 is 17.9 Å². The highest BCUT2D eigenvalue weighted by atomic mass is 31.2. The van der Waals surface area contributed by atoms with Gasteiger partial charge in [-0.3, -0.25) is 14.4 Å². The molecule has 1 saturated heterocycles. The summed E-state index contributed by atoms with van der Waals surface area (Å²) < 4.78 is 42.4. The van der Waals surface area contributed by atoms with E-state index in [0.717, 1.165) is 38.5 Å². The molecule has 0 aromatic carbocycles. The third-order valence-electron chi connectivity index (χ3n) is 6.69. The summed E-state index contributed by atoms with van der Waals surface area (Å²) in [6, 6.07) is 2.67. The summed E-state index contributed by atoms with van der Waals surface area (Å²) in [5.41, 5.74) is 0. The number of hydrogen-bond donors (Lipinski definition) is 0. The summed E-state index contributed by atoms with van der Waals surface area (Å²) in [4.78, 5) is 35.0. The molecule has 248 valence electrons. The maximum absolute atomic E-state index is 11.8. The second kappa shape index (κ2) is 21.8. The summed E-state index contributed by atoms with van der Waals surface area (Å²) >= 11 is 0. The molecule has 13 heteroatoms. The van der Waals surface area contributed by atoms with Gasteiger partial charge in [-0.2, -0.15) is 5.26 Å². The van der Waals surface area contributed by atoms with Crippen molar-refractivity contribution in [2.24, 2.45) is 5.92 Å². The number of nitriles is 1. The molecule has 6 atom stereocenters. The van der Waals surface area contributed by atoms with Gasteiger partial charge in [0, 0.05) is 45.4 Å². The highest BCUT2D eigenvalue weighted by molar-refractivity contribution is 7.44. The molecular weight excluding hydrogens is 579 g/mol. The number of hydrogen-bond acceptors (Lipinski definition) is 12. The first-order valence-electron chi connectivity index (χ1n) is 15.3. The van der Waals surface area contributed by atoms with Crippen LogP contribution in [0.3, 0.4) is 0 Å². The topological polar surface area (TPSA) is 143 Å². The van der Waals surface area contributed by atoms with Crippen molar-refractivity contribution in [1.29, 1.82) is 5.26 Å². The lowest BCUT2D eigenvalue weighted by Gasteiger charge is -2.43. The lowest BCUT2D eigenvalue weighted by molar-refractivity contribution is -0.288. The van der Waals surface area contributed by atoms with Gasteiger partial charge in [0.2, 0.25) is 0 Å². The molecule has 0 aromatic rings. The minimum atomic E-state index is -1.21. The van der Waals surface area contributed by atoms with Gasteiger partial charge in [-0.25, -0.2) is 4.67 Å². The van der Waals surface area contributed by atoms with Gasteiger partial charge in [0.05, 0.1) is 25.7 Å². The maximum atomic E-state index is 11.8. The van der Waals surface area contributed by atoms with E-state index in [9.17, 15) is 14.4 Å². The summed E-state index contributed by atoms with van der Waals surface area (Å²) in [6.45, 7) is 15.4. The van der Waals surface area contributed by atoms with Gasteiger partial charge in [-0.1, -0.05) is 32.6 Å². The Hall–Kier alpha value is -1.87. The van der Waals surface area contributed by atoms with E-state index < -0.39 is 57.0 Å². The molecule has 0 spiro atoms. The van der Waals surface area contributed by atoms with E-state index in [2.05, 4.69) is 38.4 Å². The molecular formula is C30H53N2O10P. The molecule has 0 amide bonds. The lowest BCUT2D eigenvalue weighted by atomic mass is 9.92. The predicted molar refractivity (Wildman–Crippen MR) is 160 cm³/mol. The fraction of sp³-hybridized carbons (Fsp3) is 0.867. The van der Waals surface area contributed by atoms with Crippen LogP contribution in [-0.4, -0.2) is 85.7 Å². The highest BCUT2D eigenvalue weighted by Gasteiger charge is 2.48.